The third-order valence-electron chi connectivity index (χ3n) is 3.99. The maximum Gasteiger partial charge on any atom is 2.00 e. The van der Waals surface area contributed by atoms with Crippen molar-refractivity contribution in [3.05, 3.63) is 0 Å². The normalized spacial score (nSPS) is 10.3. The standard InChI is InChI=1S/C18H36O2.Mg/c1-2-3-4-5-6-7-8-9-10-11-12-13-14-15-16-17-18(19)20;/h2-17H2,1H3,(H,19,20);/q;+2/p+1. The van der Waals surface area contributed by atoms with Gasteiger partial charge in [0, 0.05) is 6.42 Å². The number of hydrogen-bond donors (Lipinski definition) is 1. The van der Waals surface area contributed by atoms with Crippen LogP contribution in [0.4, 0.5) is 0 Å². The quantitative estimate of drug-likeness (QED) is 0.278. The average molecular weight is 310 g/mol. The van der Waals surface area contributed by atoms with Crippen molar-refractivity contribution >= 4 is 29.0 Å². The Bertz CT molecular complexity index is 213. The minimum atomic E-state index is -0.653. The molecule has 0 aromatic heterocycles. The SMILES string of the molecule is CCCCCCCCCCCCCCCCCC(=O)O.[H+].[Mg+2]. The van der Waals surface area contributed by atoms with Crippen molar-refractivity contribution in [2.24, 2.45) is 0 Å². The summed E-state index contributed by atoms with van der Waals surface area (Å²) >= 11 is 0. The van der Waals surface area contributed by atoms with Crippen LogP contribution in [0.5, 0.6) is 0 Å². The number of carbonyl (C=O) groups is 1. The van der Waals surface area contributed by atoms with Crippen LogP contribution in [0.1, 0.15) is 111 Å². The van der Waals surface area contributed by atoms with Gasteiger partial charge in [0.1, 0.15) is 0 Å². The summed E-state index contributed by atoms with van der Waals surface area (Å²) in [6, 6.07) is 0. The molecule has 0 aromatic rings. The minimum Gasteiger partial charge on any atom is -0.481 e. The molecule has 0 aliphatic carbocycles. The van der Waals surface area contributed by atoms with Crippen molar-refractivity contribution in [1.82, 2.24) is 0 Å². The predicted octanol–water partition coefficient (Wildman–Crippen LogP) is 6.06. The van der Waals surface area contributed by atoms with E-state index in [4.69, 9.17) is 5.11 Å². The molecular weight excluding hydrogens is 273 g/mol. The number of carboxylic acid groups (broad SMARTS) is 1. The first-order valence-corrected chi connectivity index (χ1v) is 8.99. The molecular formula is C18H37MgO2+3. The smallest absolute Gasteiger partial charge is 0.481 e. The van der Waals surface area contributed by atoms with Gasteiger partial charge < -0.3 is 5.11 Å². The van der Waals surface area contributed by atoms with Crippen molar-refractivity contribution in [3.8, 4) is 0 Å². The Kier molecular flexibility index (Phi) is 22.6. The molecule has 0 spiro atoms. The molecule has 1 N–H and O–H groups in total. The molecule has 0 amide bonds. The largest absolute Gasteiger partial charge is 2.00 e. The summed E-state index contributed by atoms with van der Waals surface area (Å²) in [4.78, 5) is 10.3. The van der Waals surface area contributed by atoms with Crippen LogP contribution >= 0.6 is 0 Å². The van der Waals surface area contributed by atoms with Crippen LogP contribution in [0.2, 0.25) is 0 Å². The van der Waals surface area contributed by atoms with Gasteiger partial charge in [-0.1, -0.05) is 96.8 Å². The van der Waals surface area contributed by atoms with Crippen molar-refractivity contribution in [1.29, 1.82) is 0 Å². The van der Waals surface area contributed by atoms with Crippen molar-refractivity contribution in [3.63, 3.8) is 0 Å². The number of aliphatic carboxylic acids is 1. The molecule has 0 radical (unpaired) electrons. The Labute approximate surface area is 150 Å². The molecule has 0 saturated heterocycles. The van der Waals surface area contributed by atoms with E-state index in [1.54, 1.807) is 0 Å². The molecule has 0 aromatic carbocycles. The Balaban J connectivity index is -0.00000180. The molecule has 0 bridgehead atoms. The van der Waals surface area contributed by atoms with Gasteiger partial charge in [-0.3, -0.25) is 4.79 Å². The van der Waals surface area contributed by atoms with E-state index < -0.39 is 5.97 Å². The summed E-state index contributed by atoms with van der Waals surface area (Å²) in [7, 11) is 0. The summed E-state index contributed by atoms with van der Waals surface area (Å²) in [5.74, 6) is -0.653. The van der Waals surface area contributed by atoms with Crippen LogP contribution in [-0.2, 0) is 4.79 Å². The molecule has 21 heavy (non-hydrogen) atoms. The minimum absolute atomic E-state index is 0. The number of hydrogen-bond acceptors (Lipinski definition) is 1. The first kappa shape index (κ1) is 23.5. The molecule has 0 heterocycles. The topological polar surface area (TPSA) is 37.3 Å². The third kappa shape index (κ3) is 22.7. The van der Waals surface area contributed by atoms with E-state index in [-0.39, 0.29) is 24.5 Å². The van der Waals surface area contributed by atoms with Crippen LogP contribution in [0, 0.1) is 0 Å². The Morgan fingerprint density at radius 2 is 0.952 bits per heavy atom. The average Bonchev–Trinajstić information content (AvgIpc) is 2.43. The van der Waals surface area contributed by atoms with Crippen LogP contribution in [0.15, 0.2) is 0 Å². The zero-order valence-corrected chi connectivity index (χ0v) is 15.8. The molecule has 0 unspecified atom stereocenters. The Morgan fingerprint density at radius 1 is 0.667 bits per heavy atom. The predicted molar refractivity (Wildman–Crippen MR) is 94.0 cm³/mol. The van der Waals surface area contributed by atoms with Crippen LogP contribution in [0.25, 0.3) is 0 Å². The molecule has 0 fully saturated rings. The maximum atomic E-state index is 10.3. The number of carboxylic acids is 1. The van der Waals surface area contributed by atoms with Gasteiger partial charge in [0.05, 0.1) is 0 Å². The molecule has 2 nitrogen and oxygen atoms in total. The van der Waals surface area contributed by atoms with Crippen molar-refractivity contribution in [2.75, 3.05) is 0 Å². The van der Waals surface area contributed by atoms with Gasteiger partial charge in [-0.15, -0.1) is 0 Å². The Morgan fingerprint density at radius 3 is 1.24 bits per heavy atom. The van der Waals surface area contributed by atoms with Gasteiger partial charge in [-0.05, 0) is 6.42 Å². The van der Waals surface area contributed by atoms with Gasteiger partial charge in [0.15, 0.2) is 0 Å². The summed E-state index contributed by atoms with van der Waals surface area (Å²) in [6.07, 6.45) is 20.2. The van der Waals surface area contributed by atoms with E-state index in [9.17, 15) is 4.79 Å². The van der Waals surface area contributed by atoms with Gasteiger partial charge in [0.25, 0.3) is 0 Å². The summed E-state index contributed by atoms with van der Waals surface area (Å²) in [5.41, 5.74) is 0. The summed E-state index contributed by atoms with van der Waals surface area (Å²) in [6.45, 7) is 2.27. The van der Waals surface area contributed by atoms with E-state index in [0.717, 1.165) is 12.8 Å². The molecule has 0 saturated carbocycles. The van der Waals surface area contributed by atoms with E-state index >= 15 is 0 Å². The maximum absolute atomic E-state index is 10.3. The van der Waals surface area contributed by atoms with Crippen molar-refractivity contribution in [2.45, 2.75) is 110 Å². The van der Waals surface area contributed by atoms with Crippen molar-refractivity contribution < 1.29 is 11.3 Å². The summed E-state index contributed by atoms with van der Waals surface area (Å²) in [5, 5.41) is 8.52. The van der Waals surface area contributed by atoms with E-state index in [0.29, 0.717) is 6.42 Å². The fraction of sp³-hybridized carbons (Fsp3) is 0.944. The van der Waals surface area contributed by atoms with Crippen LogP contribution < -0.4 is 0 Å². The van der Waals surface area contributed by atoms with E-state index in [1.807, 2.05) is 0 Å². The number of unbranched alkanes of at least 4 members (excludes halogenated alkanes) is 14. The first-order chi connectivity index (χ1) is 9.77. The van der Waals surface area contributed by atoms with Gasteiger partial charge in [-0.2, -0.15) is 0 Å². The fourth-order valence-electron chi connectivity index (χ4n) is 2.65. The Hall–Kier alpha value is 0.236. The molecule has 0 atom stereocenters. The molecule has 3 heteroatoms. The molecule has 120 valence electrons. The molecule has 0 aliphatic rings. The molecule has 0 aliphatic heterocycles. The molecule has 0 rings (SSSR count). The van der Waals surface area contributed by atoms with Gasteiger partial charge in [-0.25, -0.2) is 0 Å². The van der Waals surface area contributed by atoms with Crippen LogP contribution in [0.3, 0.4) is 0 Å². The van der Waals surface area contributed by atoms with Gasteiger partial charge >= 0.3 is 30.4 Å². The number of rotatable bonds is 16. The fourth-order valence-corrected chi connectivity index (χ4v) is 2.65. The van der Waals surface area contributed by atoms with E-state index in [2.05, 4.69) is 6.92 Å². The summed E-state index contributed by atoms with van der Waals surface area (Å²) < 4.78 is 0. The first-order valence-electron chi connectivity index (χ1n) is 8.99. The zero-order chi connectivity index (χ0) is 14.9. The van der Waals surface area contributed by atoms with Gasteiger partial charge in [0.2, 0.25) is 0 Å². The second kappa shape index (κ2) is 20.2. The third-order valence-corrected chi connectivity index (χ3v) is 3.99. The zero-order valence-electron chi connectivity index (χ0n) is 15.4. The van der Waals surface area contributed by atoms with Crippen LogP contribution in [-0.4, -0.2) is 34.1 Å². The second-order valence-corrected chi connectivity index (χ2v) is 6.09. The second-order valence-electron chi connectivity index (χ2n) is 6.09. The van der Waals surface area contributed by atoms with E-state index in [1.165, 1.54) is 83.5 Å². The monoisotopic (exact) mass is 309 g/mol.